The molecule has 3 aromatic rings. The van der Waals surface area contributed by atoms with Crippen LogP contribution in [0, 0.1) is 23.0 Å². The summed E-state index contributed by atoms with van der Waals surface area (Å²) >= 11 is 6.22. The number of carbonyl (C=O) groups excluding carboxylic acids is 1. The van der Waals surface area contributed by atoms with Crippen LogP contribution in [0.4, 0.5) is 22.0 Å². The number of amides is 1. The first-order chi connectivity index (χ1) is 16.5. The third kappa shape index (κ3) is 4.66. The number of aromatic nitrogens is 2. The molecule has 2 heterocycles. The second-order valence-corrected chi connectivity index (χ2v) is 8.19. The Labute approximate surface area is 201 Å². The van der Waals surface area contributed by atoms with Crippen LogP contribution < -0.4 is 4.74 Å². The molecule has 0 N–H and O–H groups in total. The molecule has 0 saturated carbocycles. The molecule has 1 aromatic heterocycles. The number of alkyl halides is 3. The first-order valence-corrected chi connectivity index (χ1v) is 10.7. The minimum atomic E-state index is -4.69. The van der Waals surface area contributed by atoms with Crippen LogP contribution in [-0.4, -0.2) is 39.4 Å². The molecule has 2 aromatic carbocycles. The molecule has 1 unspecified atom stereocenters. The smallest absolute Gasteiger partial charge is 0.425 e. The fraction of sp³-hybridized carbons (Fsp3) is 0.261. The van der Waals surface area contributed by atoms with Crippen LogP contribution in [0.2, 0.25) is 5.02 Å². The highest BCUT2D eigenvalue weighted by Crippen LogP contribution is 2.35. The predicted molar refractivity (Wildman–Crippen MR) is 114 cm³/mol. The van der Waals surface area contributed by atoms with E-state index in [2.05, 4.69) is 5.10 Å². The van der Waals surface area contributed by atoms with E-state index in [-0.39, 0.29) is 41.3 Å². The molecular formula is C23H16ClF5N4O2. The van der Waals surface area contributed by atoms with E-state index in [0.29, 0.717) is 11.3 Å². The molecule has 4 rings (SSSR count). The molecule has 1 amide bonds. The zero-order valence-electron chi connectivity index (χ0n) is 18.0. The first kappa shape index (κ1) is 24.5. The van der Waals surface area contributed by atoms with Gasteiger partial charge in [0, 0.05) is 31.1 Å². The number of halogens is 6. The number of rotatable bonds is 4. The number of ether oxygens (including phenoxy) is 1. The van der Waals surface area contributed by atoms with Gasteiger partial charge in [-0.25, -0.2) is 13.5 Å². The van der Waals surface area contributed by atoms with Crippen LogP contribution in [0.1, 0.15) is 34.1 Å². The normalized spacial score (nSPS) is 14.3. The van der Waals surface area contributed by atoms with Gasteiger partial charge in [0.05, 0.1) is 22.5 Å². The summed E-state index contributed by atoms with van der Waals surface area (Å²) in [6.07, 6.45) is -5.27. The molecule has 0 spiro atoms. The van der Waals surface area contributed by atoms with Crippen molar-refractivity contribution < 1.29 is 31.5 Å². The van der Waals surface area contributed by atoms with Crippen molar-refractivity contribution >= 4 is 17.5 Å². The van der Waals surface area contributed by atoms with E-state index in [9.17, 15) is 32.0 Å². The van der Waals surface area contributed by atoms with Gasteiger partial charge >= 0.3 is 6.18 Å². The van der Waals surface area contributed by atoms with Gasteiger partial charge in [-0.3, -0.25) is 4.79 Å². The number of benzene rings is 2. The van der Waals surface area contributed by atoms with Crippen LogP contribution in [0.5, 0.6) is 5.75 Å². The van der Waals surface area contributed by atoms with Crippen molar-refractivity contribution in [3.05, 3.63) is 75.6 Å². The maximum absolute atomic E-state index is 14.3. The standard InChI is InChI=1S/C23H16ClF5N4O2/c1-12(23(27,28)29)35-19-5-2-13(9-30)21(24)20(19)22(34)32-7-6-17-14(11-32)10-31-33(17)18-4-3-15(25)8-16(18)26/h2-5,8,10,12H,6-7,11H2,1H3. The Morgan fingerprint density at radius 3 is 2.66 bits per heavy atom. The van der Waals surface area contributed by atoms with E-state index in [0.717, 1.165) is 25.1 Å². The Hall–Kier alpha value is -3.65. The molecular weight excluding hydrogens is 495 g/mol. The van der Waals surface area contributed by atoms with E-state index in [1.807, 2.05) is 0 Å². The van der Waals surface area contributed by atoms with Gasteiger partial charge in [0.25, 0.3) is 5.91 Å². The quantitative estimate of drug-likeness (QED) is 0.452. The van der Waals surface area contributed by atoms with E-state index in [1.165, 1.54) is 27.9 Å². The lowest BCUT2D eigenvalue weighted by molar-refractivity contribution is -0.189. The fourth-order valence-corrected chi connectivity index (χ4v) is 4.00. The van der Waals surface area contributed by atoms with E-state index in [4.69, 9.17) is 16.3 Å². The molecule has 1 aliphatic heterocycles. The molecule has 35 heavy (non-hydrogen) atoms. The van der Waals surface area contributed by atoms with Gasteiger partial charge in [0.15, 0.2) is 11.9 Å². The number of nitriles is 1. The molecule has 6 nitrogen and oxygen atoms in total. The van der Waals surface area contributed by atoms with Gasteiger partial charge < -0.3 is 9.64 Å². The number of carbonyl (C=O) groups is 1. The highest BCUT2D eigenvalue weighted by atomic mass is 35.5. The highest BCUT2D eigenvalue weighted by molar-refractivity contribution is 6.35. The number of hydrogen-bond acceptors (Lipinski definition) is 4. The summed E-state index contributed by atoms with van der Waals surface area (Å²) in [6, 6.07) is 7.14. The van der Waals surface area contributed by atoms with Crippen molar-refractivity contribution in [2.45, 2.75) is 32.2 Å². The van der Waals surface area contributed by atoms with Crippen LogP contribution >= 0.6 is 11.6 Å². The van der Waals surface area contributed by atoms with Gasteiger partial charge in [-0.05, 0) is 31.2 Å². The largest absolute Gasteiger partial charge is 0.480 e. The lowest BCUT2D eigenvalue weighted by atomic mass is 10.0. The topological polar surface area (TPSA) is 71.2 Å². The zero-order chi connectivity index (χ0) is 25.5. The SMILES string of the molecule is CC(Oc1ccc(C#N)c(Cl)c1C(=O)N1CCc2c(cnn2-c2ccc(F)cc2F)C1)C(F)(F)F. The third-order valence-electron chi connectivity index (χ3n) is 5.56. The van der Waals surface area contributed by atoms with Gasteiger partial charge in [-0.1, -0.05) is 11.6 Å². The van der Waals surface area contributed by atoms with E-state index >= 15 is 0 Å². The molecule has 0 bridgehead atoms. The van der Waals surface area contributed by atoms with Crippen molar-refractivity contribution in [2.24, 2.45) is 0 Å². The number of hydrogen-bond donors (Lipinski definition) is 0. The van der Waals surface area contributed by atoms with Crippen molar-refractivity contribution in [1.29, 1.82) is 5.26 Å². The Kier molecular flexibility index (Phi) is 6.42. The minimum Gasteiger partial charge on any atom is -0.480 e. The molecule has 182 valence electrons. The molecule has 1 aliphatic rings. The van der Waals surface area contributed by atoms with Gasteiger partial charge in [-0.15, -0.1) is 0 Å². The molecule has 0 aliphatic carbocycles. The molecule has 12 heteroatoms. The number of fused-ring (bicyclic) bond motifs is 1. The van der Waals surface area contributed by atoms with Crippen LogP contribution in [-0.2, 0) is 13.0 Å². The van der Waals surface area contributed by atoms with Crippen molar-refractivity contribution in [2.75, 3.05) is 6.54 Å². The Balaban J connectivity index is 1.66. The molecule has 0 radical (unpaired) electrons. The summed E-state index contributed by atoms with van der Waals surface area (Å²) in [7, 11) is 0. The zero-order valence-corrected chi connectivity index (χ0v) is 18.8. The van der Waals surface area contributed by atoms with Gasteiger partial charge in [0.2, 0.25) is 0 Å². The highest BCUT2D eigenvalue weighted by Gasteiger charge is 2.39. The molecule has 0 fully saturated rings. The second kappa shape index (κ2) is 9.19. The summed E-state index contributed by atoms with van der Waals surface area (Å²) in [5.74, 6) is -2.69. The molecule has 0 saturated heterocycles. The summed E-state index contributed by atoms with van der Waals surface area (Å²) in [5, 5.41) is 13.1. The van der Waals surface area contributed by atoms with Crippen molar-refractivity contribution in [3.63, 3.8) is 0 Å². The van der Waals surface area contributed by atoms with Crippen molar-refractivity contribution in [1.82, 2.24) is 14.7 Å². The minimum absolute atomic E-state index is 0.00163. The lowest BCUT2D eigenvalue weighted by Crippen LogP contribution is -2.37. The number of nitrogens with zero attached hydrogens (tertiary/aromatic N) is 4. The molecule has 1 atom stereocenters. The van der Waals surface area contributed by atoms with Crippen LogP contribution in [0.15, 0.2) is 36.5 Å². The Bertz CT molecular complexity index is 1350. The van der Waals surface area contributed by atoms with Gasteiger partial charge in [-0.2, -0.15) is 23.5 Å². The first-order valence-electron chi connectivity index (χ1n) is 10.3. The van der Waals surface area contributed by atoms with Crippen molar-refractivity contribution in [3.8, 4) is 17.5 Å². The summed E-state index contributed by atoms with van der Waals surface area (Å²) < 4.78 is 73.0. The second-order valence-electron chi connectivity index (χ2n) is 7.81. The average Bonchev–Trinajstić information content (AvgIpc) is 3.21. The third-order valence-corrected chi connectivity index (χ3v) is 5.96. The lowest BCUT2D eigenvalue weighted by Gasteiger charge is -2.29. The summed E-state index contributed by atoms with van der Waals surface area (Å²) in [4.78, 5) is 14.7. The van der Waals surface area contributed by atoms with Crippen LogP contribution in [0.25, 0.3) is 5.69 Å². The summed E-state index contributed by atoms with van der Waals surface area (Å²) in [6.45, 7) is 0.885. The fourth-order valence-electron chi connectivity index (χ4n) is 3.72. The Morgan fingerprint density at radius 2 is 2.00 bits per heavy atom. The average molecular weight is 511 g/mol. The van der Waals surface area contributed by atoms with Crippen LogP contribution in [0.3, 0.4) is 0 Å². The monoisotopic (exact) mass is 510 g/mol. The Morgan fingerprint density at radius 1 is 1.26 bits per heavy atom. The summed E-state index contributed by atoms with van der Waals surface area (Å²) in [5.41, 5.74) is 0.737. The van der Waals surface area contributed by atoms with Gasteiger partial charge in [0.1, 0.15) is 28.9 Å². The van der Waals surface area contributed by atoms with E-state index in [1.54, 1.807) is 6.07 Å². The predicted octanol–water partition coefficient (Wildman–Crippen LogP) is 5.20. The van der Waals surface area contributed by atoms with E-state index < -0.39 is 35.6 Å². The maximum Gasteiger partial charge on any atom is 0.425 e. The maximum atomic E-state index is 14.3.